The van der Waals surface area contributed by atoms with Gasteiger partial charge in [0.25, 0.3) is 0 Å². The number of carbonyl (C=O) groups is 2. The highest BCUT2D eigenvalue weighted by Gasteiger charge is 2.57. The van der Waals surface area contributed by atoms with Crippen molar-refractivity contribution in [3.05, 3.63) is 30.9 Å². The van der Waals surface area contributed by atoms with Crippen LogP contribution in [0.3, 0.4) is 0 Å². The Bertz CT molecular complexity index is 905. The smallest absolute Gasteiger partial charge is 0.307 e. The van der Waals surface area contributed by atoms with Gasteiger partial charge >= 0.3 is 11.9 Å². The lowest BCUT2D eigenvalue weighted by atomic mass is 9.43. The second-order valence-electron chi connectivity index (χ2n) is 13.2. The lowest BCUT2D eigenvalue weighted by molar-refractivity contribution is -0.164. The van der Waals surface area contributed by atoms with Crippen molar-refractivity contribution in [1.29, 1.82) is 0 Å². The third-order valence-electron chi connectivity index (χ3n) is 9.24. The predicted molar refractivity (Wildman–Crippen MR) is 182 cm³/mol. The van der Waals surface area contributed by atoms with Crippen LogP contribution >= 0.6 is 11.8 Å². The van der Waals surface area contributed by atoms with Crippen LogP contribution in [-0.4, -0.2) is 70.7 Å². The Morgan fingerprint density at radius 2 is 1.61 bits per heavy atom. The summed E-state index contributed by atoms with van der Waals surface area (Å²) >= 11 is 1.83. The zero-order valence-electron chi connectivity index (χ0n) is 27.7. The normalized spacial score (nSPS) is 18.8. The molecule has 4 rings (SSSR count). The third-order valence-corrected chi connectivity index (χ3v) is 10.1. The number of rotatable bonds is 29. The van der Waals surface area contributed by atoms with Crippen LogP contribution in [0.4, 0.5) is 0 Å². The van der Waals surface area contributed by atoms with E-state index in [1.165, 1.54) is 77.0 Å². The van der Waals surface area contributed by atoms with Crippen molar-refractivity contribution in [1.82, 2.24) is 14.5 Å². The number of aryl methyl sites for hydroxylation is 1. The summed E-state index contributed by atoms with van der Waals surface area (Å²) < 4.78 is 13.1. The molecule has 44 heavy (non-hydrogen) atoms. The fourth-order valence-corrected chi connectivity index (χ4v) is 7.17. The minimum Gasteiger partial charge on any atom is -0.466 e. The highest BCUT2D eigenvalue weighted by atomic mass is 32.2. The van der Waals surface area contributed by atoms with Crippen molar-refractivity contribution in [2.75, 3.05) is 44.4 Å². The molecule has 3 aliphatic carbocycles. The number of ether oxygens (including phenoxy) is 2. The molecular formula is C36H61N3O4S. The number of carbonyl (C=O) groups excluding carboxylic acids is 2. The zero-order valence-corrected chi connectivity index (χ0v) is 28.5. The van der Waals surface area contributed by atoms with Gasteiger partial charge in [-0.3, -0.25) is 9.59 Å². The van der Waals surface area contributed by atoms with Gasteiger partial charge in [-0.2, -0.15) is 11.8 Å². The highest BCUT2D eigenvalue weighted by Crippen LogP contribution is 2.66. The van der Waals surface area contributed by atoms with Gasteiger partial charge in [0.15, 0.2) is 0 Å². The monoisotopic (exact) mass is 631 g/mol. The van der Waals surface area contributed by atoms with E-state index in [1.807, 2.05) is 30.5 Å². The van der Waals surface area contributed by atoms with Gasteiger partial charge in [-0.15, -0.1) is 0 Å². The first-order valence-corrected chi connectivity index (χ1v) is 19.0. The molecule has 8 heteroatoms. The van der Waals surface area contributed by atoms with Gasteiger partial charge in [-0.25, -0.2) is 4.98 Å². The first-order chi connectivity index (χ1) is 21.6. The quantitative estimate of drug-likeness (QED) is 0.0501. The van der Waals surface area contributed by atoms with Gasteiger partial charge in [0, 0.05) is 37.0 Å². The summed E-state index contributed by atoms with van der Waals surface area (Å²) in [4.78, 5) is 31.0. The average molecular weight is 632 g/mol. The van der Waals surface area contributed by atoms with E-state index < -0.39 is 0 Å². The maximum absolute atomic E-state index is 12.4. The van der Waals surface area contributed by atoms with E-state index in [0.717, 1.165) is 69.3 Å². The van der Waals surface area contributed by atoms with Gasteiger partial charge < -0.3 is 18.9 Å². The number of esters is 2. The number of thioether (sulfide) groups is 1. The van der Waals surface area contributed by atoms with Crippen molar-refractivity contribution in [3.63, 3.8) is 0 Å². The molecule has 0 atom stereocenters. The van der Waals surface area contributed by atoms with E-state index in [0.29, 0.717) is 31.5 Å². The number of aromatic nitrogens is 2. The third kappa shape index (κ3) is 16.0. The average Bonchev–Trinajstić information content (AvgIpc) is 3.50. The van der Waals surface area contributed by atoms with Crippen molar-refractivity contribution in [2.45, 2.75) is 129 Å². The van der Waals surface area contributed by atoms with Crippen LogP contribution in [0.5, 0.6) is 0 Å². The maximum atomic E-state index is 12.4. The summed E-state index contributed by atoms with van der Waals surface area (Å²) in [6, 6.07) is 0. The van der Waals surface area contributed by atoms with E-state index >= 15 is 0 Å². The van der Waals surface area contributed by atoms with Crippen LogP contribution in [0.25, 0.3) is 0 Å². The Balaban J connectivity index is 1.17. The molecule has 0 aliphatic heterocycles. The topological polar surface area (TPSA) is 73.7 Å². The van der Waals surface area contributed by atoms with Crippen LogP contribution in [0.1, 0.15) is 122 Å². The Kier molecular flexibility index (Phi) is 18.9. The Labute approximate surface area is 272 Å². The number of unbranched alkanes of at least 4 members (excludes halogenated alkanes) is 10. The van der Waals surface area contributed by atoms with Crippen molar-refractivity contribution >= 4 is 23.7 Å². The molecule has 0 saturated heterocycles. The minimum absolute atomic E-state index is 0.0190. The van der Waals surface area contributed by atoms with E-state index in [2.05, 4.69) is 33.5 Å². The molecule has 0 radical (unpaired) electrons. The molecule has 0 aromatic carbocycles. The van der Waals surface area contributed by atoms with E-state index in [9.17, 15) is 9.59 Å². The summed E-state index contributed by atoms with van der Waals surface area (Å²) in [5.41, 5.74) is 0.346. The van der Waals surface area contributed by atoms with Crippen LogP contribution in [0.15, 0.2) is 30.9 Å². The van der Waals surface area contributed by atoms with E-state index in [1.54, 1.807) is 0 Å². The van der Waals surface area contributed by atoms with Gasteiger partial charge in [0.2, 0.25) is 0 Å². The van der Waals surface area contributed by atoms with E-state index in [4.69, 9.17) is 9.47 Å². The van der Waals surface area contributed by atoms with Crippen molar-refractivity contribution in [3.8, 4) is 0 Å². The largest absolute Gasteiger partial charge is 0.466 e. The summed E-state index contributed by atoms with van der Waals surface area (Å²) in [5, 5.41) is 0. The summed E-state index contributed by atoms with van der Waals surface area (Å²) in [6.45, 7) is 7.01. The van der Waals surface area contributed by atoms with Crippen LogP contribution in [0, 0.1) is 11.3 Å². The maximum Gasteiger partial charge on any atom is 0.307 e. The number of hydrogen-bond acceptors (Lipinski definition) is 7. The molecule has 0 unspecified atom stereocenters. The second-order valence-corrected chi connectivity index (χ2v) is 14.4. The van der Waals surface area contributed by atoms with Gasteiger partial charge in [0.1, 0.15) is 6.61 Å². The summed E-state index contributed by atoms with van der Waals surface area (Å²) in [7, 11) is 0. The SMILES string of the molecule is CCCCCCC/C=C\CSCCOC(=O)CCN(CCCCCCCCOC(=O)CC12CC(C1)C2)CCCn1ccnc1. The molecule has 7 nitrogen and oxygen atoms in total. The minimum atomic E-state index is -0.0854. The first-order valence-electron chi connectivity index (χ1n) is 17.8. The molecule has 0 amide bonds. The molecule has 3 fully saturated rings. The molecule has 0 spiro atoms. The molecule has 250 valence electrons. The molecular weight excluding hydrogens is 570 g/mol. The molecule has 3 aliphatic rings. The number of nitrogens with zero attached hydrogens (tertiary/aromatic N) is 3. The highest BCUT2D eigenvalue weighted by molar-refractivity contribution is 7.99. The second kappa shape index (κ2) is 22.7. The number of hydrogen-bond donors (Lipinski definition) is 0. The number of imidazole rings is 1. The van der Waals surface area contributed by atoms with Crippen LogP contribution in [0.2, 0.25) is 0 Å². The molecule has 1 heterocycles. The van der Waals surface area contributed by atoms with Crippen molar-refractivity contribution < 1.29 is 19.1 Å². The van der Waals surface area contributed by atoms with E-state index in [-0.39, 0.29) is 11.9 Å². The lowest BCUT2D eigenvalue weighted by Gasteiger charge is -2.61. The standard InChI is InChI=1S/C36H61N3O4S/c1-2-3-4-5-6-9-12-15-26-44-27-25-43-34(40)17-22-38(20-16-21-39-23-18-37-32-39)19-13-10-7-8-11-14-24-42-35(41)31-36-28-33(29-36)30-36/h12,15,18,23,32-33H,2-11,13-14,16-17,19-22,24-31H2,1H3/b15-12-. The fourth-order valence-electron chi connectivity index (χ4n) is 6.53. The fraction of sp³-hybridized carbons (Fsp3) is 0.806. The van der Waals surface area contributed by atoms with Gasteiger partial charge in [0.05, 0.1) is 25.8 Å². The molecule has 1 aromatic heterocycles. The Morgan fingerprint density at radius 1 is 0.886 bits per heavy atom. The lowest BCUT2D eigenvalue weighted by Crippen LogP contribution is -2.52. The van der Waals surface area contributed by atoms with Gasteiger partial charge in [-0.05, 0) is 75.8 Å². The summed E-state index contributed by atoms with van der Waals surface area (Å²) in [6.07, 6.45) is 30.8. The Morgan fingerprint density at radius 3 is 2.36 bits per heavy atom. The number of allylic oxidation sites excluding steroid dienone is 1. The first kappa shape index (κ1) is 36.7. The predicted octanol–water partition coefficient (Wildman–Crippen LogP) is 8.23. The molecule has 1 aromatic rings. The summed E-state index contributed by atoms with van der Waals surface area (Å²) in [5.74, 6) is 2.69. The molecule has 3 saturated carbocycles. The molecule has 2 bridgehead atoms. The van der Waals surface area contributed by atoms with Crippen LogP contribution in [-0.2, 0) is 25.6 Å². The van der Waals surface area contributed by atoms with Crippen molar-refractivity contribution in [2.24, 2.45) is 11.3 Å². The van der Waals surface area contributed by atoms with Gasteiger partial charge in [-0.1, -0.05) is 70.4 Å². The Hall–Kier alpha value is -1.80. The molecule has 0 N–H and O–H groups in total. The van der Waals surface area contributed by atoms with Crippen LogP contribution < -0.4 is 0 Å². The zero-order chi connectivity index (χ0) is 31.1.